The van der Waals surface area contributed by atoms with Gasteiger partial charge in [-0.1, -0.05) is 115 Å². The first-order valence-electron chi connectivity index (χ1n) is 13.7. The second kappa shape index (κ2) is 14.4. The average molecular weight is 435 g/mol. The first kappa shape index (κ1) is 24.9. The third-order valence-corrected chi connectivity index (χ3v) is 7.25. The van der Waals surface area contributed by atoms with Crippen LogP contribution < -0.4 is 0 Å². The fourth-order valence-corrected chi connectivity index (χ4v) is 5.11. The average Bonchev–Trinajstić information content (AvgIpc) is 2.83. The molecular weight excluding hydrogens is 388 g/mol. The van der Waals surface area contributed by atoms with E-state index in [-0.39, 0.29) is 0 Å². The Morgan fingerprint density at radius 1 is 0.781 bits per heavy atom. The van der Waals surface area contributed by atoms with Gasteiger partial charge in [-0.15, -0.1) is 0 Å². The number of rotatable bonds is 15. The molecule has 1 aromatic carbocycles. The summed E-state index contributed by atoms with van der Waals surface area (Å²) in [6.45, 7) is 4.56. The largest absolute Gasteiger partial charge is 0.236 e. The third-order valence-electron chi connectivity index (χ3n) is 7.25. The van der Waals surface area contributed by atoms with Crippen molar-refractivity contribution in [1.29, 1.82) is 0 Å². The summed E-state index contributed by atoms with van der Waals surface area (Å²) in [5.41, 5.74) is 5.29. The van der Waals surface area contributed by atoms with Gasteiger partial charge in [-0.3, -0.25) is 0 Å². The fraction of sp³-hybridized carbons (Fsp3) is 0.667. The van der Waals surface area contributed by atoms with Crippen molar-refractivity contribution in [2.45, 2.75) is 123 Å². The SMILES string of the molecule is CCCCCCCCCCC1CCc2nc(-c3ccc(CCCCCC)cc3)ncc2C1. The van der Waals surface area contributed by atoms with E-state index in [1.165, 1.54) is 120 Å². The number of benzene rings is 1. The Kier molecular flexibility index (Phi) is 11.3. The maximum absolute atomic E-state index is 4.97. The van der Waals surface area contributed by atoms with Gasteiger partial charge in [0.25, 0.3) is 0 Å². The lowest BCUT2D eigenvalue weighted by molar-refractivity contribution is 0.399. The van der Waals surface area contributed by atoms with Crippen LogP contribution in [0.5, 0.6) is 0 Å². The molecule has 1 atom stereocenters. The Labute approximate surface area is 197 Å². The molecule has 176 valence electrons. The molecule has 0 amide bonds. The second-order valence-electron chi connectivity index (χ2n) is 10.0. The standard InChI is InChI=1S/C30H46N2/c1-3-5-7-9-10-11-12-14-16-26-19-22-29-28(23-26)24-31-30(32-29)27-20-17-25(18-21-27)15-13-8-6-4-2/h17-18,20-21,24,26H,3-16,19,22-23H2,1-2H3. The third kappa shape index (κ3) is 8.34. The monoisotopic (exact) mass is 434 g/mol. The van der Waals surface area contributed by atoms with Gasteiger partial charge in [0.1, 0.15) is 0 Å². The van der Waals surface area contributed by atoms with Gasteiger partial charge in [-0.25, -0.2) is 9.97 Å². The Balaban J connectivity index is 1.42. The smallest absolute Gasteiger partial charge is 0.159 e. The van der Waals surface area contributed by atoms with Gasteiger partial charge >= 0.3 is 0 Å². The molecule has 3 rings (SSSR count). The van der Waals surface area contributed by atoms with Gasteiger partial charge in [-0.05, 0) is 49.1 Å². The van der Waals surface area contributed by atoms with E-state index in [4.69, 9.17) is 9.97 Å². The molecule has 2 aromatic rings. The van der Waals surface area contributed by atoms with Crippen LogP contribution in [0.15, 0.2) is 30.5 Å². The van der Waals surface area contributed by atoms with E-state index in [2.05, 4.69) is 44.3 Å². The topological polar surface area (TPSA) is 25.8 Å². The Morgan fingerprint density at radius 2 is 1.44 bits per heavy atom. The van der Waals surface area contributed by atoms with Crippen LogP contribution in [-0.2, 0) is 19.3 Å². The maximum atomic E-state index is 4.97. The van der Waals surface area contributed by atoms with Crippen LogP contribution in [0, 0.1) is 5.92 Å². The zero-order chi connectivity index (χ0) is 22.4. The summed E-state index contributed by atoms with van der Waals surface area (Å²) in [5.74, 6) is 1.74. The molecule has 32 heavy (non-hydrogen) atoms. The van der Waals surface area contributed by atoms with Crippen LogP contribution in [0.25, 0.3) is 11.4 Å². The maximum Gasteiger partial charge on any atom is 0.159 e. The molecule has 0 spiro atoms. The highest BCUT2D eigenvalue weighted by atomic mass is 14.9. The van der Waals surface area contributed by atoms with Gasteiger partial charge in [0.2, 0.25) is 0 Å². The molecule has 0 saturated carbocycles. The minimum absolute atomic E-state index is 0.837. The van der Waals surface area contributed by atoms with E-state index < -0.39 is 0 Å². The molecule has 0 saturated heterocycles. The van der Waals surface area contributed by atoms with Crippen molar-refractivity contribution in [3.63, 3.8) is 0 Å². The van der Waals surface area contributed by atoms with Crippen molar-refractivity contribution in [2.24, 2.45) is 5.92 Å². The summed E-state index contributed by atoms with van der Waals surface area (Å²) in [4.78, 5) is 9.72. The van der Waals surface area contributed by atoms with Crippen molar-refractivity contribution >= 4 is 0 Å². The molecule has 0 fully saturated rings. The normalized spacial score (nSPS) is 15.6. The molecule has 2 nitrogen and oxygen atoms in total. The predicted octanol–water partition coefficient (Wildman–Crippen LogP) is 8.90. The summed E-state index contributed by atoms with van der Waals surface area (Å²) in [6.07, 6.45) is 24.9. The highest BCUT2D eigenvalue weighted by molar-refractivity contribution is 5.55. The predicted molar refractivity (Wildman–Crippen MR) is 138 cm³/mol. The molecule has 0 N–H and O–H groups in total. The van der Waals surface area contributed by atoms with E-state index in [0.29, 0.717) is 0 Å². The van der Waals surface area contributed by atoms with Crippen LogP contribution in [0.4, 0.5) is 0 Å². The first-order valence-corrected chi connectivity index (χ1v) is 13.7. The van der Waals surface area contributed by atoms with E-state index in [0.717, 1.165) is 23.7 Å². The molecule has 1 aliphatic rings. The number of aromatic nitrogens is 2. The van der Waals surface area contributed by atoms with Crippen LogP contribution in [0.2, 0.25) is 0 Å². The van der Waals surface area contributed by atoms with Gasteiger partial charge in [0.05, 0.1) is 0 Å². The van der Waals surface area contributed by atoms with Crippen molar-refractivity contribution < 1.29 is 0 Å². The minimum atomic E-state index is 0.837. The molecule has 1 aliphatic carbocycles. The Bertz CT molecular complexity index is 765. The van der Waals surface area contributed by atoms with E-state index in [1.54, 1.807) is 0 Å². The molecule has 2 heteroatoms. The zero-order valence-electron chi connectivity index (χ0n) is 20.9. The van der Waals surface area contributed by atoms with Crippen molar-refractivity contribution in [3.05, 3.63) is 47.3 Å². The summed E-state index contributed by atoms with van der Waals surface area (Å²) >= 11 is 0. The Hall–Kier alpha value is -1.70. The molecule has 0 bridgehead atoms. The molecule has 1 heterocycles. The van der Waals surface area contributed by atoms with Gasteiger partial charge in [0, 0.05) is 17.5 Å². The lowest BCUT2D eigenvalue weighted by Crippen LogP contribution is -2.16. The second-order valence-corrected chi connectivity index (χ2v) is 10.0. The van der Waals surface area contributed by atoms with Gasteiger partial charge in [-0.2, -0.15) is 0 Å². The molecule has 0 radical (unpaired) electrons. The number of nitrogens with zero attached hydrogens (tertiary/aromatic N) is 2. The number of unbranched alkanes of at least 4 members (excludes halogenated alkanes) is 10. The molecule has 1 aromatic heterocycles. The van der Waals surface area contributed by atoms with Crippen molar-refractivity contribution in [2.75, 3.05) is 0 Å². The molecule has 1 unspecified atom stereocenters. The quantitative estimate of drug-likeness (QED) is 0.261. The summed E-state index contributed by atoms with van der Waals surface area (Å²) in [7, 11) is 0. The molecule has 0 aliphatic heterocycles. The zero-order valence-corrected chi connectivity index (χ0v) is 20.9. The number of hydrogen-bond donors (Lipinski definition) is 0. The van der Waals surface area contributed by atoms with Gasteiger partial charge < -0.3 is 0 Å². The summed E-state index contributed by atoms with van der Waals surface area (Å²) < 4.78 is 0. The van der Waals surface area contributed by atoms with Crippen molar-refractivity contribution in [3.8, 4) is 11.4 Å². The minimum Gasteiger partial charge on any atom is -0.236 e. The van der Waals surface area contributed by atoms with Crippen molar-refractivity contribution in [1.82, 2.24) is 9.97 Å². The van der Waals surface area contributed by atoms with E-state index in [9.17, 15) is 0 Å². The van der Waals surface area contributed by atoms with Crippen LogP contribution in [-0.4, -0.2) is 9.97 Å². The fourth-order valence-electron chi connectivity index (χ4n) is 5.11. The summed E-state index contributed by atoms with van der Waals surface area (Å²) in [6, 6.07) is 8.96. The van der Waals surface area contributed by atoms with Crippen LogP contribution in [0.1, 0.15) is 121 Å². The van der Waals surface area contributed by atoms with Crippen LogP contribution >= 0.6 is 0 Å². The molecular formula is C30H46N2. The van der Waals surface area contributed by atoms with Crippen LogP contribution in [0.3, 0.4) is 0 Å². The first-order chi connectivity index (χ1) is 15.8. The Morgan fingerprint density at radius 3 is 2.16 bits per heavy atom. The highest BCUT2D eigenvalue weighted by Crippen LogP contribution is 2.29. The van der Waals surface area contributed by atoms with Gasteiger partial charge in [0.15, 0.2) is 5.82 Å². The number of aryl methyl sites for hydroxylation is 2. The van der Waals surface area contributed by atoms with E-state index in [1.807, 2.05) is 0 Å². The van der Waals surface area contributed by atoms with E-state index >= 15 is 0 Å². The number of hydrogen-bond acceptors (Lipinski definition) is 2. The highest BCUT2D eigenvalue weighted by Gasteiger charge is 2.20. The number of fused-ring (bicyclic) bond motifs is 1. The summed E-state index contributed by atoms with van der Waals surface area (Å²) in [5, 5.41) is 0. The lowest BCUT2D eigenvalue weighted by Gasteiger charge is -2.24. The lowest BCUT2D eigenvalue weighted by atomic mass is 9.84.